The molecule has 0 saturated heterocycles. The molecule has 8 heteroatoms. The topological polar surface area (TPSA) is 84.5 Å². The van der Waals surface area contributed by atoms with Gasteiger partial charge in [0.25, 0.3) is 11.4 Å². The van der Waals surface area contributed by atoms with E-state index in [0.717, 1.165) is 0 Å². The first-order valence-corrected chi connectivity index (χ1v) is 12.9. The molecule has 0 atom stereocenters. The zero-order valence-corrected chi connectivity index (χ0v) is 22.4. The van der Waals surface area contributed by atoms with Crippen LogP contribution in [0.25, 0.3) is 59.1 Å². The van der Waals surface area contributed by atoms with Crippen molar-refractivity contribution in [2.24, 2.45) is 0 Å². The number of nitriles is 3. The van der Waals surface area contributed by atoms with E-state index in [4.69, 9.17) is 19.7 Å². The maximum absolute atomic E-state index is 14.9. The molecule has 0 aromatic heterocycles. The Morgan fingerprint density at radius 1 is 0.614 bits per heavy atom. The molecule has 0 amide bonds. The van der Waals surface area contributed by atoms with Gasteiger partial charge in [-0.15, -0.1) is 0 Å². The molecule has 0 bridgehead atoms. The molecule has 0 radical (unpaired) electrons. The third-order valence-electron chi connectivity index (χ3n) is 7.61. The second-order valence-corrected chi connectivity index (χ2v) is 9.69. The normalized spacial score (nSPS) is 14.5. The number of hydrogen-bond donors (Lipinski definition) is 0. The molecule has 0 spiro atoms. The zero-order chi connectivity index (χ0) is 31.1. The number of fused-ring (bicyclic) bond motifs is 4. The molecular weight excluding hydrogens is 554 g/mol. The van der Waals surface area contributed by atoms with E-state index in [9.17, 15) is 24.6 Å². The van der Waals surface area contributed by atoms with Crippen molar-refractivity contribution in [1.29, 1.82) is 15.8 Å². The first-order chi connectivity index (χ1) is 21.4. The van der Waals surface area contributed by atoms with Crippen LogP contribution in [0.2, 0.25) is 0 Å². The highest BCUT2D eigenvalue weighted by Crippen LogP contribution is 2.62. The van der Waals surface area contributed by atoms with Gasteiger partial charge in [0.15, 0.2) is 0 Å². The fourth-order valence-corrected chi connectivity index (χ4v) is 5.86. The van der Waals surface area contributed by atoms with Crippen LogP contribution >= 0.6 is 0 Å². The van der Waals surface area contributed by atoms with E-state index >= 15 is 0 Å². The van der Waals surface area contributed by atoms with Gasteiger partial charge in [-0.05, 0) is 73.9 Å². The van der Waals surface area contributed by atoms with Crippen molar-refractivity contribution in [1.82, 2.24) is 0 Å². The van der Waals surface area contributed by atoms with E-state index in [-0.39, 0.29) is 33.8 Å². The first-order valence-electron chi connectivity index (χ1n) is 12.9. The molecule has 4 aromatic rings. The Morgan fingerprint density at radius 3 is 1.50 bits per heavy atom. The van der Waals surface area contributed by atoms with E-state index in [2.05, 4.69) is 14.5 Å². The van der Waals surface area contributed by atoms with Crippen LogP contribution in [0.1, 0.15) is 27.8 Å². The van der Waals surface area contributed by atoms with Crippen LogP contribution < -0.4 is 0 Å². The second-order valence-electron chi connectivity index (χ2n) is 9.69. The lowest BCUT2D eigenvalue weighted by molar-refractivity contribution is 0.624. The summed E-state index contributed by atoms with van der Waals surface area (Å²) in [5.41, 5.74) is 4.33. The number of benzene rings is 4. The van der Waals surface area contributed by atoms with Crippen molar-refractivity contribution in [3.05, 3.63) is 158 Å². The van der Waals surface area contributed by atoms with Gasteiger partial charge in [0, 0.05) is 11.1 Å². The van der Waals surface area contributed by atoms with Crippen LogP contribution in [-0.2, 0) is 0 Å². The van der Waals surface area contributed by atoms with E-state index in [1.807, 2.05) is 12.1 Å². The highest BCUT2D eigenvalue weighted by Gasteiger charge is 2.42. The molecule has 0 N–H and O–H groups in total. The lowest BCUT2D eigenvalue weighted by atomic mass is 9.85. The van der Waals surface area contributed by atoms with E-state index in [1.165, 1.54) is 24.3 Å². The lowest BCUT2D eigenvalue weighted by Gasteiger charge is -2.18. The Kier molecular flexibility index (Phi) is 6.39. The Morgan fingerprint density at radius 2 is 1.09 bits per heavy atom. The van der Waals surface area contributed by atoms with Crippen LogP contribution in [0.15, 0.2) is 84.2 Å². The molecule has 6 nitrogen and oxygen atoms in total. The summed E-state index contributed by atoms with van der Waals surface area (Å²) in [5.74, 6) is -1.47. The summed E-state index contributed by atoms with van der Waals surface area (Å²) in [4.78, 5) is 10.2. The fourth-order valence-electron chi connectivity index (χ4n) is 5.86. The van der Waals surface area contributed by atoms with Gasteiger partial charge in [-0.3, -0.25) is 0 Å². The Hall–Kier alpha value is -7.10. The van der Waals surface area contributed by atoms with Gasteiger partial charge in [0.05, 0.1) is 37.4 Å². The highest BCUT2D eigenvalue weighted by molar-refractivity contribution is 6.39. The highest BCUT2D eigenvalue weighted by atomic mass is 19.1. The molecule has 0 aliphatic heterocycles. The summed E-state index contributed by atoms with van der Waals surface area (Å²) in [6.07, 6.45) is 0. The van der Waals surface area contributed by atoms with Gasteiger partial charge in [-0.2, -0.15) is 5.26 Å². The quantitative estimate of drug-likeness (QED) is 0.179. The average Bonchev–Trinajstić information content (AvgIpc) is 3.55. The molecule has 0 unspecified atom stereocenters. The smallest absolute Gasteiger partial charge is 0.235 e. The van der Waals surface area contributed by atoms with Crippen molar-refractivity contribution in [2.45, 2.75) is 0 Å². The number of nitrogens with zero attached hydrogens (tertiary/aromatic N) is 6. The van der Waals surface area contributed by atoms with Crippen molar-refractivity contribution >= 4 is 28.0 Å². The van der Waals surface area contributed by atoms with Gasteiger partial charge in [-0.25, -0.2) is 33.8 Å². The zero-order valence-electron chi connectivity index (χ0n) is 22.4. The van der Waals surface area contributed by atoms with E-state index in [1.54, 1.807) is 54.6 Å². The van der Waals surface area contributed by atoms with Crippen molar-refractivity contribution in [3.8, 4) is 40.5 Å². The molecule has 2 aliphatic rings. The molecule has 2 aliphatic carbocycles. The minimum Gasteiger partial charge on any atom is -0.235 e. The summed E-state index contributed by atoms with van der Waals surface area (Å²) < 4.78 is 29.7. The maximum atomic E-state index is 14.9. The first kappa shape index (κ1) is 27.1. The number of allylic oxidation sites excluding steroid dienone is 6. The van der Waals surface area contributed by atoms with Crippen molar-refractivity contribution in [3.63, 3.8) is 0 Å². The third kappa shape index (κ3) is 3.79. The Labute approximate surface area is 250 Å². The predicted octanol–water partition coefficient (Wildman–Crippen LogP) is 8.97. The van der Waals surface area contributed by atoms with Gasteiger partial charge in [-0.1, -0.05) is 54.6 Å². The van der Waals surface area contributed by atoms with Crippen LogP contribution in [0.4, 0.5) is 14.5 Å². The summed E-state index contributed by atoms with van der Waals surface area (Å²) in [7, 11) is 0. The molecule has 6 rings (SSSR count). The monoisotopic (exact) mass is 566 g/mol. The molecule has 0 fully saturated rings. The summed E-state index contributed by atoms with van der Waals surface area (Å²) >= 11 is 0. The minimum atomic E-state index is -0.735. The molecular formula is C36H12F2N6. The molecule has 0 heterocycles. The van der Waals surface area contributed by atoms with E-state index in [0.29, 0.717) is 55.7 Å². The van der Waals surface area contributed by atoms with Gasteiger partial charge < -0.3 is 0 Å². The number of rotatable bonds is 2. The largest absolute Gasteiger partial charge is 0.270 e. The molecule has 44 heavy (non-hydrogen) atoms. The third-order valence-corrected chi connectivity index (χ3v) is 7.61. The van der Waals surface area contributed by atoms with E-state index < -0.39 is 11.6 Å². The van der Waals surface area contributed by atoms with Crippen LogP contribution in [0.5, 0.6) is 0 Å². The van der Waals surface area contributed by atoms with Gasteiger partial charge >= 0.3 is 0 Å². The van der Waals surface area contributed by atoms with Crippen molar-refractivity contribution in [2.75, 3.05) is 0 Å². The summed E-state index contributed by atoms with van der Waals surface area (Å²) in [6, 6.07) is 24.3. The SMILES string of the molecule is [C-]#[N+]/C(C#N)=C1C2=C(/C(=C(\C#N)[N+]#[C-])c3cccc(-c4ccc(C#N)c(F)c4)c32)c2c\1cccc2-c1ccc([N+]#[C-])c(F)c1. The van der Waals surface area contributed by atoms with Crippen LogP contribution in [-0.4, -0.2) is 0 Å². The predicted molar refractivity (Wildman–Crippen MR) is 160 cm³/mol. The Bertz CT molecular complexity index is 2170. The number of hydrogen-bond acceptors (Lipinski definition) is 3. The van der Waals surface area contributed by atoms with Crippen LogP contribution in [0.3, 0.4) is 0 Å². The van der Waals surface area contributed by atoms with Gasteiger partial charge in [0.2, 0.25) is 5.69 Å². The maximum Gasteiger partial charge on any atom is 0.270 e. The van der Waals surface area contributed by atoms with Gasteiger partial charge in [0.1, 0.15) is 17.7 Å². The van der Waals surface area contributed by atoms with Crippen LogP contribution in [0, 0.1) is 65.3 Å². The summed E-state index contributed by atoms with van der Waals surface area (Å²) in [6.45, 7) is 22.9. The molecule has 4 aromatic carbocycles. The fraction of sp³-hybridized carbons (Fsp3) is 0. The number of halogens is 2. The minimum absolute atomic E-state index is 0.142. The second kappa shape index (κ2) is 10.4. The lowest BCUT2D eigenvalue weighted by Crippen LogP contribution is -1.98. The molecule has 200 valence electrons. The Balaban J connectivity index is 1.80. The average molecular weight is 567 g/mol. The standard InChI is InChI=1S/C36H12F2N6/c1-42-28-13-12-20(15-27(28)38)23-7-5-9-25-32(23)36-33(29(17-40)43-2)24-8-4-6-22(19-10-11-21(16-39)26(37)14-19)31(24)35(36)34(25)30(18-41)44-3/h4-15H/b33-29+,34-30-. The molecule has 0 saturated carbocycles. The van der Waals surface area contributed by atoms with Crippen molar-refractivity contribution < 1.29 is 8.78 Å². The summed E-state index contributed by atoms with van der Waals surface area (Å²) in [5, 5.41) is 29.4.